The van der Waals surface area contributed by atoms with Gasteiger partial charge in [-0.05, 0) is 55.7 Å². The van der Waals surface area contributed by atoms with Crippen LogP contribution in [0.1, 0.15) is 16.7 Å². The molecule has 7 heteroatoms. The van der Waals surface area contributed by atoms with Crippen LogP contribution in [0.4, 0.5) is 11.4 Å². The fourth-order valence-electron chi connectivity index (χ4n) is 2.96. The van der Waals surface area contributed by atoms with Crippen molar-refractivity contribution in [2.24, 2.45) is 0 Å². The van der Waals surface area contributed by atoms with E-state index in [1.165, 1.54) is 0 Å². The highest BCUT2D eigenvalue weighted by atomic mass is 35.5. The fourth-order valence-corrected chi connectivity index (χ4v) is 3.13. The average Bonchev–Trinajstić information content (AvgIpc) is 2.67. The molecule has 0 heterocycles. The van der Waals surface area contributed by atoms with Crippen LogP contribution in [0.3, 0.4) is 0 Å². The lowest BCUT2D eigenvalue weighted by molar-refractivity contribution is -0.883. The number of aryl methyl sites for hydroxylation is 1. The van der Waals surface area contributed by atoms with Gasteiger partial charge in [0.2, 0.25) is 0 Å². The quantitative estimate of drug-likeness (QED) is 0.585. The molecule has 2 aromatic rings. The number of ether oxygens (including phenoxy) is 1. The first-order chi connectivity index (χ1) is 13.8. The molecule has 1 unspecified atom stereocenters. The Morgan fingerprint density at radius 1 is 0.931 bits per heavy atom. The van der Waals surface area contributed by atoms with E-state index < -0.39 is 0 Å². The number of nitrogens with one attached hydrogen (secondary N) is 3. The van der Waals surface area contributed by atoms with E-state index in [-0.39, 0.29) is 24.9 Å². The molecular weight excluding hydrogens is 390 g/mol. The second-order valence-electron chi connectivity index (χ2n) is 7.10. The Bertz CT molecular complexity index is 803. The first-order valence-electron chi connectivity index (χ1n) is 9.55. The summed E-state index contributed by atoms with van der Waals surface area (Å²) >= 11 is 6.12. The predicted molar refractivity (Wildman–Crippen MR) is 117 cm³/mol. The summed E-state index contributed by atoms with van der Waals surface area (Å²) in [4.78, 5) is 25.9. The van der Waals surface area contributed by atoms with Gasteiger partial charge in [0, 0.05) is 23.5 Å². The van der Waals surface area contributed by atoms with Crippen LogP contribution in [-0.2, 0) is 14.3 Å². The Hall–Kier alpha value is -2.41. The first-order valence-corrected chi connectivity index (χ1v) is 9.93. The van der Waals surface area contributed by atoms with Crippen molar-refractivity contribution in [1.82, 2.24) is 0 Å². The van der Waals surface area contributed by atoms with Crippen molar-refractivity contribution >= 4 is 34.8 Å². The highest BCUT2D eigenvalue weighted by Gasteiger charge is 2.19. The third-order valence-electron chi connectivity index (χ3n) is 4.90. The van der Waals surface area contributed by atoms with E-state index in [1.807, 2.05) is 39.0 Å². The van der Waals surface area contributed by atoms with Crippen molar-refractivity contribution in [3.05, 3.63) is 58.1 Å². The zero-order valence-electron chi connectivity index (χ0n) is 17.4. The Morgan fingerprint density at radius 3 is 2.07 bits per heavy atom. The first kappa shape index (κ1) is 22.9. The number of halogens is 1. The van der Waals surface area contributed by atoms with E-state index >= 15 is 0 Å². The summed E-state index contributed by atoms with van der Waals surface area (Å²) in [5.74, 6) is -0.322. The van der Waals surface area contributed by atoms with E-state index in [0.717, 1.165) is 27.3 Å². The smallest absolute Gasteiger partial charge is 0.279 e. The Labute approximate surface area is 177 Å². The lowest BCUT2D eigenvalue weighted by Gasteiger charge is -2.19. The van der Waals surface area contributed by atoms with Crippen LogP contribution in [0.5, 0.6) is 0 Å². The number of carbonyl (C=O) groups excluding carboxylic acids is 2. The number of methoxy groups -OCH3 is 1. The second kappa shape index (κ2) is 11.0. The van der Waals surface area contributed by atoms with Gasteiger partial charge in [0.05, 0.1) is 6.61 Å². The normalized spacial score (nSPS) is 11.8. The molecule has 156 valence electrons. The van der Waals surface area contributed by atoms with E-state index in [4.69, 9.17) is 16.3 Å². The highest BCUT2D eigenvalue weighted by Crippen LogP contribution is 2.22. The molecule has 0 saturated heterocycles. The van der Waals surface area contributed by atoms with Crippen LogP contribution < -0.4 is 15.5 Å². The zero-order chi connectivity index (χ0) is 21.4. The maximum absolute atomic E-state index is 12.6. The van der Waals surface area contributed by atoms with Gasteiger partial charge in [-0.1, -0.05) is 29.8 Å². The molecule has 0 aliphatic heterocycles. The third-order valence-corrected chi connectivity index (χ3v) is 5.31. The number of benzene rings is 2. The minimum Gasteiger partial charge on any atom is -0.379 e. The maximum Gasteiger partial charge on any atom is 0.279 e. The molecule has 29 heavy (non-hydrogen) atoms. The van der Waals surface area contributed by atoms with Crippen molar-refractivity contribution in [1.29, 1.82) is 0 Å². The van der Waals surface area contributed by atoms with Gasteiger partial charge in [0.1, 0.15) is 6.54 Å². The van der Waals surface area contributed by atoms with Gasteiger partial charge < -0.3 is 20.3 Å². The summed E-state index contributed by atoms with van der Waals surface area (Å²) in [5.41, 5.74) is 4.43. The molecule has 0 aliphatic carbocycles. The number of quaternary nitrogens is 1. The molecule has 2 rings (SSSR count). The number of hydrogen-bond donors (Lipinski definition) is 3. The zero-order valence-corrected chi connectivity index (χ0v) is 18.2. The van der Waals surface area contributed by atoms with Crippen molar-refractivity contribution in [2.75, 3.05) is 44.0 Å². The Kier molecular flexibility index (Phi) is 8.64. The Morgan fingerprint density at radius 2 is 1.48 bits per heavy atom. The molecule has 0 fully saturated rings. The number of amides is 2. The molecule has 0 aromatic heterocycles. The number of rotatable bonds is 9. The van der Waals surface area contributed by atoms with E-state index in [0.29, 0.717) is 23.9 Å². The van der Waals surface area contributed by atoms with Gasteiger partial charge in [-0.25, -0.2) is 0 Å². The molecule has 3 N–H and O–H groups in total. The topological polar surface area (TPSA) is 71.9 Å². The summed E-state index contributed by atoms with van der Waals surface area (Å²) in [6.07, 6.45) is 0. The monoisotopic (exact) mass is 418 g/mol. The van der Waals surface area contributed by atoms with Crippen LogP contribution in [0, 0.1) is 20.8 Å². The molecule has 0 saturated carbocycles. The van der Waals surface area contributed by atoms with Gasteiger partial charge in [-0.2, -0.15) is 0 Å². The molecule has 1 atom stereocenters. The summed E-state index contributed by atoms with van der Waals surface area (Å²) in [7, 11) is 1.60. The third kappa shape index (κ3) is 6.85. The molecule has 6 nitrogen and oxygen atoms in total. The van der Waals surface area contributed by atoms with Gasteiger partial charge in [0.25, 0.3) is 11.8 Å². The predicted octanol–water partition coefficient (Wildman–Crippen LogP) is 2.37. The lowest BCUT2D eigenvalue weighted by Crippen LogP contribution is -3.14. The largest absolute Gasteiger partial charge is 0.379 e. The lowest BCUT2D eigenvalue weighted by atomic mass is 10.1. The van der Waals surface area contributed by atoms with Crippen molar-refractivity contribution in [3.63, 3.8) is 0 Å². The molecule has 0 spiro atoms. The minimum absolute atomic E-state index is 0.142. The van der Waals surface area contributed by atoms with Crippen LogP contribution in [-0.4, -0.2) is 45.2 Å². The average molecular weight is 419 g/mol. The molecule has 0 radical (unpaired) electrons. The van der Waals surface area contributed by atoms with Gasteiger partial charge in [-0.3, -0.25) is 9.59 Å². The number of carbonyl (C=O) groups is 2. The second-order valence-corrected chi connectivity index (χ2v) is 7.51. The van der Waals surface area contributed by atoms with Crippen molar-refractivity contribution < 1.29 is 19.2 Å². The molecular formula is C22H29ClN3O3+. The van der Waals surface area contributed by atoms with Gasteiger partial charge >= 0.3 is 0 Å². The SMILES string of the molecule is COCC[NH+](CC(=O)Nc1cccc(C)c1C)CC(=O)Nc1cccc(Cl)c1C. The van der Waals surface area contributed by atoms with Crippen molar-refractivity contribution in [2.45, 2.75) is 20.8 Å². The van der Waals surface area contributed by atoms with Crippen LogP contribution in [0.2, 0.25) is 5.02 Å². The highest BCUT2D eigenvalue weighted by molar-refractivity contribution is 6.31. The summed E-state index contributed by atoms with van der Waals surface area (Å²) < 4.78 is 5.14. The van der Waals surface area contributed by atoms with E-state index in [1.54, 1.807) is 25.3 Å². The van der Waals surface area contributed by atoms with E-state index in [9.17, 15) is 9.59 Å². The van der Waals surface area contributed by atoms with Crippen molar-refractivity contribution in [3.8, 4) is 0 Å². The minimum atomic E-state index is -0.180. The molecule has 0 bridgehead atoms. The van der Waals surface area contributed by atoms with E-state index in [2.05, 4.69) is 10.6 Å². The summed E-state index contributed by atoms with van der Waals surface area (Å²) in [5, 5.41) is 6.43. The standard InChI is InChI=1S/C22H28ClN3O3/c1-15-7-5-9-19(16(15)2)24-21(27)13-26(11-12-29-4)14-22(28)25-20-10-6-8-18(23)17(20)3/h5-10H,11-14H2,1-4H3,(H,24,27)(H,25,28)/p+1. The van der Waals surface area contributed by atoms with Crippen LogP contribution in [0.15, 0.2) is 36.4 Å². The van der Waals surface area contributed by atoms with Crippen LogP contribution >= 0.6 is 11.6 Å². The van der Waals surface area contributed by atoms with Gasteiger partial charge in [-0.15, -0.1) is 0 Å². The van der Waals surface area contributed by atoms with Gasteiger partial charge in [0.15, 0.2) is 13.1 Å². The summed E-state index contributed by atoms with van der Waals surface area (Å²) in [6.45, 7) is 7.14. The maximum atomic E-state index is 12.6. The van der Waals surface area contributed by atoms with Crippen LogP contribution in [0.25, 0.3) is 0 Å². The Balaban J connectivity index is 2.00. The fraction of sp³-hybridized carbons (Fsp3) is 0.364. The molecule has 0 aliphatic rings. The number of hydrogen-bond acceptors (Lipinski definition) is 3. The number of anilines is 2. The summed E-state index contributed by atoms with van der Waals surface area (Å²) in [6, 6.07) is 11.2. The molecule has 2 amide bonds. The molecule has 2 aromatic carbocycles.